The average Bonchev–Trinajstić information content (AvgIpc) is 1.76. The van der Waals surface area contributed by atoms with E-state index in [1.165, 1.54) is 0 Å². The molecule has 0 saturated heterocycles. The topological polar surface area (TPSA) is 340 Å². The molecule has 0 aliphatic heterocycles. The summed E-state index contributed by atoms with van der Waals surface area (Å²) in [5.74, 6) is 0. The second-order valence-electron chi connectivity index (χ2n) is 1.15. The Labute approximate surface area is 443 Å². The molecule has 0 aromatic carbocycles. The summed E-state index contributed by atoms with van der Waals surface area (Å²) in [4.78, 5) is 0. The van der Waals surface area contributed by atoms with E-state index in [9.17, 15) is 0 Å². The minimum atomic E-state index is -2.92. The van der Waals surface area contributed by atoms with E-state index in [4.69, 9.17) is 60.3 Å². The van der Waals surface area contributed by atoms with Crippen molar-refractivity contribution in [3.63, 3.8) is 0 Å². The van der Waals surface area contributed by atoms with Gasteiger partial charge in [-0.15, -0.1) is 0 Å². The Balaban J connectivity index is -0.00000000346. The van der Waals surface area contributed by atoms with Gasteiger partial charge in [-0.05, 0) is 0 Å². The van der Waals surface area contributed by atoms with Crippen molar-refractivity contribution in [2.45, 2.75) is 0 Å². The first-order chi connectivity index (χ1) is 6.93. The first-order valence-corrected chi connectivity index (χ1v) is 2.83. The van der Waals surface area contributed by atoms with Gasteiger partial charge in [0.15, 0.2) is 0 Å². The van der Waals surface area contributed by atoms with Crippen molar-refractivity contribution in [3.05, 3.63) is 0 Å². The summed E-state index contributed by atoms with van der Waals surface area (Å²) in [6, 6.07) is 0. The molecule has 112 valence electrons. The van der Waals surface area contributed by atoms with Gasteiger partial charge in [0.05, 0.1) is 0 Å². The maximum atomic E-state index is 8.42. The maximum Gasteiger partial charge on any atom is 1.00 e. The fourth-order valence-electron chi connectivity index (χ4n) is 0. The molecule has 0 aromatic rings. The van der Waals surface area contributed by atoms with Gasteiger partial charge in [0.25, 0.3) is 0 Å². The van der Waals surface area contributed by atoms with Crippen LogP contribution in [0.2, 0.25) is 0 Å². The SMILES string of the molecule is O.O.[Na+].[Na+].[Na+].[Na+].[Na+].[Na+].[Na+].[Na+].[Na+].[Na+].[Na+].[Na+].[O-]B([O-])[O-].[O-]B([O-])[O-].[O-]B([O-])[O-].[O-]B([O-])[O-]. The molecular formula is H4B4Na12O14. The Hall–Kier alpha value is 11.7. The third-order valence-corrected chi connectivity index (χ3v) is 0. The fourth-order valence-corrected chi connectivity index (χ4v) is 0. The molecule has 0 fully saturated rings. The number of hydrogen-bond acceptors (Lipinski definition) is 12. The van der Waals surface area contributed by atoms with Crippen LogP contribution in [0.15, 0.2) is 0 Å². The summed E-state index contributed by atoms with van der Waals surface area (Å²) in [5.41, 5.74) is 0. The minimum absolute atomic E-state index is 0. The fraction of sp³-hybridized carbons (Fsp3) is 0. The van der Waals surface area contributed by atoms with Gasteiger partial charge < -0.3 is 71.2 Å². The van der Waals surface area contributed by atoms with Crippen LogP contribution in [-0.2, 0) is 0 Å². The van der Waals surface area contributed by atoms with Gasteiger partial charge in [-0.2, -0.15) is 0 Å². The first-order valence-electron chi connectivity index (χ1n) is 2.83. The summed E-state index contributed by atoms with van der Waals surface area (Å²) >= 11 is 0. The summed E-state index contributed by atoms with van der Waals surface area (Å²) in [5, 5.41) is 101. The van der Waals surface area contributed by atoms with Crippen molar-refractivity contribution >= 4 is 29.3 Å². The van der Waals surface area contributed by atoms with E-state index in [-0.39, 0.29) is 366 Å². The standard InChI is InChI=1S/4BO3.12Na.2H2O/c4*2-1(3)4;;;;;;;;;;;;;;/h;;;;;;;;;;;;;;;;2*1H2/q4*-3;12*+1;;. The van der Waals surface area contributed by atoms with E-state index in [0.717, 1.165) is 0 Å². The van der Waals surface area contributed by atoms with Crippen molar-refractivity contribution in [3.8, 4) is 0 Å². The molecule has 0 aromatic heterocycles. The molecular weight excluding hydrogens is 543 g/mol. The Morgan fingerprint density at radius 3 is 0.200 bits per heavy atom. The van der Waals surface area contributed by atoms with Gasteiger partial charge in [0.2, 0.25) is 0 Å². The molecule has 0 aliphatic rings. The minimum Gasteiger partial charge on any atom is -0.907 e. The Bertz CT molecular complexity index is 85.9. The smallest absolute Gasteiger partial charge is 0.907 e. The second-order valence-corrected chi connectivity index (χ2v) is 1.15. The molecule has 0 spiro atoms. The molecule has 0 bridgehead atoms. The maximum absolute atomic E-state index is 8.42. The van der Waals surface area contributed by atoms with Crippen molar-refractivity contribution in [2.75, 3.05) is 0 Å². The Morgan fingerprint density at radius 2 is 0.200 bits per heavy atom. The monoisotopic (exact) mass is 548 g/mol. The predicted octanol–water partition coefficient (Wildman–Crippen LogP) is -53.4. The molecule has 0 heterocycles. The zero-order chi connectivity index (χ0) is 14.3. The van der Waals surface area contributed by atoms with Gasteiger partial charge in [-0.1, -0.05) is 0 Å². The van der Waals surface area contributed by atoms with Crippen molar-refractivity contribution in [1.29, 1.82) is 0 Å². The Morgan fingerprint density at radius 1 is 0.200 bits per heavy atom. The summed E-state index contributed by atoms with van der Waals surface area (Å²) in [6.07, 6.45) is 0. The van der Waals surface area contributed by atoms with Crippen LogP contribution in [0.4, 0.5) is 0 Å². The number of hydrogen-bond donors (Lipinski definition) is 0. The molecule has 0 rings (SSSR count). The summed E-state index contributed by atoms with van der Waals surface area (Å²) in [6.45, 7) is 0. The van der Waals surface area contributed by atoms with Crippen LogP contribution in [0.3, 0.4) is 0 Å². The molecule has 0 aliphatic carbocycles. The summed E-state index contributed by atoms with van der Waals surface area (Å²) in [7, 11) is -11.7. The molecule has 30 heteroatoms. The van der Waals surface area contributed by atoms with Gasteiger partial charge in [0, 0.05) is 0 Å². The molecule has 14 nitrogen and oxygen atoms in total. The zero-order valence-corrected chi connectivity index (χ0v) is 44.2. The third kappa shape index (κ3) is 434. The van der Waals surface area contributed by atoms with Gasteiger partial charge in [0.1, 0.15) is 0 Å². The first kappa shape index (κ1) is 123. The van der Waals surface area contributed by atoms with Gasteiger partial charge in [-0.3, -0.25) is 29.3 Å². The molecule has 4 N–H and O–H groups in total. The van der Waals surface area contributed by atoms with E-state index < -0.39 is 29.3 Å². The normalized spacial score (nSPS) is 3.60. The van der Waals surface area contributed by atoms with Crippen LogP contribution in [-0.4, -0.2) is 40.2 Å². The van der Waals surface area contributed by atoms with Gasteiger partial charge >= 0.3 is 355 Å². The molecule has 0 unspecified atom stereocenters. The van der Waals surface area contributed by atoms with Crippen LogP contribution >= 0.6 is 0 Å². The van der Waals surface area contributed by atoms with E-state index in [1.807, 2.05) is 0 Å². The van der Waals surface area contributed by atoms with Crippen LogP contribution in [0.25, 0.3) is 0 Å². The van der Waals surface area contributed by atoms with Crippen LogP contribution in [0, 0.1) is 0 Å². The van der Waals surface area contributed by atoms with E-state index in [0.29, 0.717) is 0 Å². The quantitative estimate of drug-likeness (QED) is 0.255. The molecule has 0 atom stereocenters. The van der Waals surface area contributed by atoms with Gasteiger partial charge in [-0.25, -0.2) is 0 Å². The van der Waals surface area contributed by atoms with E-state index >= 15 is 0 Å². The Kier molecular flexibility index (Phi) is 468. The zero-order valence-electron chi connectivity index (χ0n) is 20.2. The van der Waals surface area contributed by atoms with Crippen LogP contribution in [0.1, 0.15) is 0 Å². The third-order valence-electron chi connectivity index (χ3n) is 0. The van der Waals surface area contributed by atoms with E-state index in [2.05, 4.69) is 0 Å². The van der Waals surface area contributed by atoms with Crippen LogP contribution in [0.5, 0.6) is 0 Å². The van der Waals surface area contributed by atoms with Crippen molar-refractivity contribution in [2.24, 2.45) is 0 Å². The van der Waals surface area contributed by atoms with Crippen LogP contribution < -0.4 is 415 Å². The molecule has 0 saturated carbocycles. The largest absolute Gasteiger partial charge is 1.00 e. The number of rotatable bonds is 0. The molecule has 30 heavy (non-hydrogen) atoms. The average molecular weight is 547 g/mol. The van der Waals surface area contributed by atoms with E-state index in [1.54, 1.807) is 0 Å². The van der Waals surface area contributed by atoms with Crippen molar-refractivity contribution in [1.82, 2.24) is 0 Å². The predicted molar refractivity (Wildman–Crippen MR) is 30.2 cm³/mol. The van der Waals surface area contributed by atoms with Crippen molar-refractivity contribution < 1.29 is 426 Å². The summed E-state index contributed by atoms with van der Waals surface area (Å²) < 4.78 is 0. The molecule has 0 amide bonds. The second kappa shape index (κ2) is 114. The molecule has 0 radical (unpaired) electrons.